The highest BCUT2D eigenvalue weighted by molar-refractivity contribution is 6.13. The maximum absolute atomic E-state index is 12.8. The third kappa shape index (κ3) is 3.57. The lowest BCUT2D eigenvalue weighted by Crippen LogP contribution is -2.14. The van der Waals surface area contributed by atoms with E-state index in [1.165, 1.54) is 0 Å². The summed E-state index contributed by atoms with van der Waals surface area (Å²) in [6.07, 6.45) is 10.6. The number of ketones is 1. The van der Waals surface area contributed by atoms with Gasteiger partial charge < -0.3 is 9.30 Å². The first kappa shape index (κ1) is 16.3. The third-order valence-electron chi connectivity index (χ3n) is 4.46. The van der Waals surface area contributed by atoms with Crippen molar-refractivity contribution in [2.24, 2.45) is 0 Å². The largest absolute Gasteiger partial charge is 0.492 e. The van der Waals surface area contributed by atoms with Crippen molar-refractivity contribution in [1.29, 1.82) is 0 Å². The van der Waals surface area contributed by atoms with E-state index in [-0.39, 0.29) is 5.78 Å². The third-order valence-corrected chi connectivity index (χ3v) is 4.46. The average molecular weight is 345 g/mol. The summed E-state index contributed by atoms with van der Waals surface area (Å²) in [4.78, 5) is 21.0. The van der Waals surface area contributed by atoms with Gasteiger partial charge in [-0.2, -0.15) is 0 Å². The first-order valence-corrected chi connectivity index (χ1v) is 8.67. The number of rotatable bonds is 5. The van der Waals surface area contributed by atoms with Crippen LogP contribution in [0.25, 0.3) is 6.08 Å². The summed E-state index contributed by atoms with van der Waals surface area (Å²) in [6.45, 7) is 1.31. The summed E-state index contributed by atoms with van der Waals surface area (Å²) in [5.74, 6) is 0.885. The van der Waals surface area contributed by atoms with Gasteiger partial charge in [0.1, 0.15) is 12.4 Å². The summed E-state index contributed by atoms with van der Waals surface area (Å²) in [5.41, 5.74) is 3.44. The zero-order valence-electron chi connectivity index (χ0n) is 14.3. The van der Waals surface area contributed by atoms with Gasteiger partial charge >= 0.3 is 0 Å². The number of aryl methyl sites for hydroxylation is 1. The second-order valence-electron chi connectivity index (χ2n) is 6.22. The quantitative estimate of drug-likeness (QED) is 0.663. The van der Waals surface area contributed by atoms with E-state index < -0.39 is 0 Å². The van der Waals surface area contributed by atoms with Crippen molar-refractivity contribution >= 4 is 11.9 Å². The fraction of sp³-hybridized carbons (Fsp3) is 0.190. The van der Waals surface area contributed by atoms with Crippen molar-refractivity contribution < 1.29 is 9.53 Å². The number of hydrogen-bond donors (Lipinski definition) is 0. The highest BCUT2D eigenvalue weighted by Crippen LogP contribution is 2.29. The zero-order chi connectivity index (χ0) is 17.8. The molecule has 0 unspecified atom stereocenters. The van der Waals surface area contributed by atoms with Crippen LogP contribution in [0.1, 0.15) is 28.0 Å². The topological polar surface area (TPSA) is 57.0 Å². The Morgan fingerprint density at radius 2 is 2.12 bits per heavy atom. The molecule has 0 radical (unpaired) electrons. The molecule has 4 rings (SSSR count). The SMILES string of the molecule is O=C1/C(=C\c2ccccn2)CCc2cc(OCCn3ccnc3)ccc21. The lowest BCUT2D eigenvalue weighted by Gasteiger charge is -2.18. The average Bonchev–Trinajstić information content (AvgIpc) is 3.18. The molecule has 0 spiro atoms. The van der Waals surface area contributed by atoms with Gasteiger partial charge in [-0.25, -0.2) is 4.98 Å². The van der Waals surface area contributed by atoms with Gasteiger partial charge in [0.05, 0.1) is 18.6 Å². The minimum Gasteiger partial charge on any atom is -0.492 e. The predicted octanol–water partition coefficient (Wildman–Crippen LogP) is 3.57. The molecule has 2 heterocycles. The van der Waals surface area contributed by atoms with E-state index in [0.717, 1.165) is 47.5 Å². The molecule has 0 saturated carbocycles. The standard InChI is InChI=1S/C21H19N3O2/c25-21-17(13-18-3-1-2-8-23-18)5-4-16-14-19(6-7-20(16)21)26-12-11-24-10-9-22-15-24/h1-3,6-10,13-15H,4-5,11-12H2/b17-13-. The van der Waals surface area contributed by atoms with Crippen molar-refractivity contribution in [2.75, 3.05) is 6.61 Å². The summed E-state index contributed by atoms with van der Waals surface area (Å²) < 4.78 is 7.79. The Balaban J connectivity index is 1.46. The van der Waals surface area contributed by atoms with E-state index in [9.17, 15) is 4.79 Å². The number of carbonyl (C=O) groups is 1. The number of pyridine rings is 1. The molecule has 2 aromatic heterocycles. The summed E-state index contributed by atoms with van der Waals surface area (Å²) in [7, 11) is 0. The second kappa shape index (κ2) is 7.35. The predicted molar refractivity (Wildman–Crippen MR) is 99.0 cm³/mol. The maximum atomic E-state index is 12.8. The van der Waals surface area contributed by atoms with Gasteiger partial charge in [0.15, 0.2) is 5.78 Å². The van der Waals surface area contributed by atoms with Gasteiger partial charge in [-0.05, 0) is 54.8 Å². The Labute approximate surface area is 152 Å². The number of benzene rings is 1. The summed E-state index contributed by atoms with van der Waals surface area (Å²) in [6, 6.07) is 11.4. The molecule has 1 aromatic carbocycles. The molecular formula is C21H19N3O2. The van der Waals surface area contributed by atoms with Crippen LogP contribution in [0, 0.1) is 0 Å². The minimum absolute atomic E-state index is 0.0851. The van der Waals surface area contributed by atoms with Gasteiger partial charge in [0.25, 0.3) is 0 Å². The van der Waals surface area contributed by atoms with Crippen LogP contribution in [0.15, 0.2) is 66.9 Å². The van der Waals surface area contributed by atoms with Crippen LogP contribution in [-0.2, 0) is 13.0 Å². The van der Waals surface area contributed by atoms with E-state index in [1.54, 1.807) is 18.7 Å². The molecule has 0 atom stereocenters. The van der Waals surface area contributed by atoms with Crippen molar-refractivity contribution in [3.8, 4) is 5.75 Å². The van der Waals surface area contributed by atoms with E-state index in [2.05, 4.69) is 9.97 Å². The van der Waals surface area contributed by atoms with Crippen LogP contribution in [-0.4, -0.2) is 26.9 Å². The lowest BCUT2D eigenvalue weighted by molar-refractivity contribution is 0.102. The number of hydrogen-bond acceptors (Lipinski definition) is 4. The molecule has 0 aliphatic heterocycles. The molecule has 3 aromatic rings. The molecule has 5 heteroatoms. The fourth-order valence-electron chi connectivity index (χ4n) is 3.11. The number of allylic oxidation sites excluding steroid dienone is 1. The number of aromatic nitrogens is 3. The minimum atomic E-state index is 0.0851. The van der Waals surface area contributed by atoms with Gasteiger partial charge in [0, 0.05) is 29.7 Å². The molecule has 0 fully saturated rings. The molecule has 26 heavy (non-hydrogen) atoms. The number of ether oxygens (including phenoxy) is 1. The monoisotopic (exact) mass is 345 g/mol. The summed E-state index contributed by atoms with van der Waals surface area (Å²) >= 11 is 0. The molecule has 130 valence electrons. The molecule has 0 saturated heterocycles. The van der Waals surface area contributed by atoms with Crippen LogP contribution >= 0.6 is 0 Å². The van der Waals surface area contributed by atoms with Crippen molar-refractivity contribution in [3.63, 3.8) is 0 Å². The zero-order valence-corrected chi connectivity index (χ0v) is 14.3. The number of imidazole rings is 1. The molecule has 1 aliphatic carbocycles. The number of nitrogens with zero attached hydrogens (tertiary/aromatic N) is 3. The Morgan fingerprint density at radius 1 is 1.15 bits per heavy atom. The Morgan fingerprint density at radius 3 is 2.92 bits per heavy atom. The van der Waals surface area contributed by atoms with E-state index in [4.69, 9.17) is 4.74 Å². The highest BCUT2D eigenvalue weighted by atomic mass is 16.5. The Hall–Kier alpha value is -3.21. The molecule has 0 bridgehead atoms. The van der Waals surface area contributed by atoms with E-state index in [1.807, 2.05) is 53.2 Å². The van der Waals surface area contributed by atoms with Gasteiger partial charge in [-0.3, -0.25) is 9.78 Å². The highest BCUT2D eigenvalue weighted by Gasteiger charge is 2.22. The number of fused-ring (bicyclic) bond motifs is 1. The number of carbonyl (C=O) groups excluding carboxylic acids is 1. The van der Waals surface area contributed by atoms with Gasteiger partial charge in [-0.15, -0.1) is 0 Å². The Kier molecular flexibility index (Phi) is 4.60. The molecule has 0 N–H and O–H groups in total. The molecule has 1 aliphatic rings. The fourth-order valence-corrected chi connectivity index (χ4v) is 3.11. The lowest BCUT2D eigenvalue weighted by atomic mass is 9.86. The molecule has 0 amide bonds. The van der Waals surface area contributed by atoms with Crippen molar-refractivity contribution in [1.82, 2.24) is 14.5 Å². The van der Waals surface area contributed by atoms with E-state index in [0.29, 0.717) is 6.61 Å². The van der Waals surface area contributed by atoms with Crippen LogP contribution in [0.3, 0.4) is 0 Å². The molecule has 5 nitrogen and oxygen atoms in total. The number of Topliss-reactive ketones (excluding diaryl/α,β-unsaturated/α-hetero) is 1. The molecular weight excluding hydrogens is 326 g/mol. The maximum Gasteiger partial charge on any atom is 0.189 e. The second-order valence-corrected chi connectivity index (χ2v) is 6.22. The van der Waals surface area contributed by atoms with Crippen LogP contribution in [0.5, 0.6) is 5.75 Å². The Bertz CT molecular complexity index is 931. The first-order chi connectivity index (χ1) is 12.8. The van der Waals surface area contributed by atoms with Crippen molar-refractivity contribution in [3.05, 3.63) is 83.7 Å². The first-order valence-electron chi connectivity index (χ1n) is 8.67. The van der Waals surface area contributed by atoms with Crippen LogP contribution in [0.4, 0.5) is 0 Å². The van der Waals surface area contributed by atoms with Crippen LogP contribution in [0.2, 0.25) is 0 Å². The smallest absolute Gasteiger partial charge is 0.189 e. The van der Waals surface area contributed by atoms with Gasteiger partial charge in [0.2, 0.25) is 0 Å². The van der Waals surface area contributed by atoms with Crippen molar-refractivity contribution in [2.45, 2.75) is 19.4 Å². The van der Waals surface area contributed by atoms with E-state index >= 15 is 0 Å². The summed E-state index contributed by atoms with van der Waals surface area (Å²) in [5, 5.41) is 0. The normalized spacial score (nSPS) is 15.1. The van der Waals surface area contributed by atoms with Gasteiger partial charge in [-0.1, -0.05) is 6.07 Å². The van der Waals surface area contributed by atoms with Crippen LogP contribution < -0.4 is 4.74 Å².